The number of hydrogen-bond donors (Lipinski definition) is 1. The summed E-state index contributed by atoms with van der Waals surface area (Å²) >= 11 is 1.65. The molecule has 4 rings (SSSR count). The molecule has 0 saturated carbocycles. The van der Waals surface area contributed by atoms with E-state index in [9.17, 15) is 18.0 Å². The summed E-state index contributed by atoms with van der Waals surface area (Å²) in [6, 6.07) is 6.42. The Labute approximate surface area is 157 Å². The number of carbonyl (C=O) groups excluding carboxylic acids is 1. The Morgan fingerprint density at radius 3 is 2.85 bits per heavy atom. The van der Waals surface area contributed by atoms with E-state index in [1.54, 1.807) is 28.5 Å². The molecule has 0 unspecified atom stereocenters. The highest BCUT2D eigenvalue weighted by atomic mass is 32.1. The first-order chi connectivity index (χ1) is 12.9. The molecule has 27 heavy (non-hydrogen) atoms. The van der Waals surface area contributed by atoms with Crippen LogP contribution in [-0.2, 0) is 19.1 Å². The first kappa shape index (κ1) is 17.6. The molecule has 0 bridgehead atoms. The summed E-state index contributed by atoms with van der Waals surface area (Å²) < 4.78 is 40.8. The molecular weight excluding hydrogens is 377 g/mol. The van der Waals surface area contributed by atoms with Crippen molar-refractivity contribution in [2.45, 2.75) is 19.1 Å². The zero-order valence-corrected chi connectivity index (χ0v) is 14.8. The van der Waals surface area contributed by atoms with Gasteiger partial charge in [0.05, 0.1) is 16.9 Å². The highest BCUT2D eigenvalue weighted by Crippen LogP contribution is 2.33. The van der Waals surface area contributed by atoms with Crippen molar-refractivity contribution in [3.05, 3.63) is 64.1 Å². The van der Waals surface area contributed by atoms with Crippen molar-refractivity contribution < 1.29 is 18.0 Å². The predicted octanol–water partition coefficient (Wildman–Crippen LogP) is 4.54. The Hall–Kier alpha value is -2.81. The zero-order valence-electron chi connectivity index (χ0n) is 14.0. The summed E-state index contributed by atoms with van der Waals surface area (Å²) in [5.74, 6) is 0. The summed E-state index contributed by atoms with van der Waals surface area (Å²) in [6.45, 7) is 0.968. The summed E-state index contributed by atoms with van der Waals surface area (Å²) in [7, 11) is 0. The summed E-state index contributed by atoms with van der Waals surface area (Å²) in [4.78, 5) is 15.5. The highest BCUT2D eigenvalue weighted by molar-refractivity contribution is 7.10. The fourth-order valence-corrected chi connectivity index (χ4v) is 3.93. The van der Waals surface area contributed by atoms with Crippen molar-refractivity contribution in [2.24, 2.45) is 0 Å². The average molecular weight is 392 g/mol. The zero-order chi connectivity index (χ0) is 19.0. The number of carbonyl (C=O) groups is 1. The number of hydrogen-bond acceptors (Lipinski definition) is 3. The van der Waals surface area contributed by atoms with Crippen LogP contribution in [0.5, 0.6) is 0 Å². The normalized spacial score (nSPS) is 14.1. The lowest BCUT2D eigenvalue weighted by Crippen LogP contribution is -2.38. The average Bonchev–Trinajstić information content (AvgIpc) is 3.32. The first-order valence-electron chi connectivity index (χ1n) is 8.24. The molecule has 1 aromatic carbocycles. The van der Waals surface area contributed by atoms with Crippen molar-refractivity contribution in [1.29, 1.82) is 0 Å². The van der Waals surface area contributed by atoms with Crippen molar-refractivity contribution in [1.82, 2.24) is 14.7 Å². The molecule has 2 aromatic heterocycles. The van der Waals surface area contributed by atoms with E-state index in [4.69, 9.17) is 0 Å². The van der Waals surface area contributed by atoms with E-state index in [1.807, 2.05) is 11.4 Å². The summed E-state index contributed by atoms with van der Waals surface area (Å²) in [5, 5.41) is 8.67. The van der Waals surface area contributed by atoms with Crippen LogP contribution in [0.2, 0.25) is 0 Å². The standard InChI is InChI=1S/C18H15F3N4OS/c19-18(20,21)13-2-3-15(25-7-1-6-22-25)14(10-13)23-17(26)24-8-4-16-12(11-24)5-9-27-16/h1-3,5-7,9-10H,4,8,11H2,(H,23,26). The highest BCUT2D eigenvalue weighted by Gasteiger charge is 2.32. The molecule has 5 nitrogen and oxygen atoms in total. The van der Waals surface area contributed by atoms with Gasteiger partial charge in [-0.25, -0.2) is 9.48 Å². The van der Waals surface area contributed by atoms with Gasteiger partial charge in [-0.3, -0.25) is 0 Å². The van der Waals surface area contributed by atoms with Gasteiger partial charge in [0.1, 0.15) is 0 Å². The van der Waals surface area contributed by atoms with Gasteiger partial charge in [-0.2, -0.15) is 18.3 Å². The van der Waals surface area contributed by atoms with Crippen LogP contribution >= 0.6 is 11.3 Å². The monoisotopic (exact) mass is 392 g/mol. The van der Waals surface area contributed by atoms with Crippen molar-refractivity contribution >= 4 is 23.1 Å². The molecule has 1 aliphatic rings. The minimum Gasteiger partial charge on any atom is -0.320 e. The van der Waals surface area contributed by atoms with Gasteiger partial charge in [0.2, 0.25) is 0 Å². The van der Waals surface area contributed by atoms with Crippen LogP contribution < -0.4 is 5.32 Å². The quantitative estimate of drug-likeness (QED) is 0.696. The fourth-order valence-electron chi connectivity index (χ4n) is 3.04. The lowest BCUT2D eigenvalue weighted by molar-refractivity contribution is -0.137. The second kappa shape index (κ2) is 6.73. The number of rotatable bonds is 2. The maximum atomic E-state index is 13.1. The molecule has 0 fully saturated rings. The third-order valence-corrected chi connectivity index (χ3v) is 5.43. The molecular formula is C18H15F3N4OS. The molecule has 1 aliphatic heterocycles. The largest absolute Gasteiger partial charge is 0.416 e. The molecule has 0 aliphatic carbocycles. The van der Waals surface area contributed by atoms with Gasteiger partial charge in [0.25, 0.3) is 0 Å². The smallest absolute Gasteiger partial charge is 0.320 e. The van der Waals surface area contributed by atoms with Crippen LogP contribution in [0.4, 0.5) is 23.7 Å². The number of nitrogens with one attached hydrogen (secondary N) is 1. The summed E-state index contributed by atoms with van der Waals surface area (Å²) in [6.07, 6.45) is -0.628. The van der Waals surface area contributed by atoms with E-state index in [0.717, 1.165) is 24.1 Å². The molecule has 3 aromatic rings. The first-order valence-corrected chi connectivity index (χ1v) is 9.12. The Bertz CT molecular complexity index is 965. The number of benzene rings is 1. The minimum atomic E-state index is -4.50. The number of anilines is 1. The van der Waals surface area contributed by atoms with E-state index in [2.05, 4.69) is 10.4 Å². The second-order valence-corrected chi connectivity index (χ2v) is 7.15. The van der Waals surface area contributed by atoms with Gasteiger partial charge in [-0.15, -0.1) is 11.3 Å². The molecule has 2 amide bonds. The van der Waals surface area contributed by atoms with Crippen molar-refractivity contribution in [2.75, 3.05) is 11.9 Å². The number of alkyl halides is 3. The number of thiophene rings is 1. The predicted molar refractivity (Wildman–Crippen MR) is 96.0 cm³/mol. The van der Waals surface area contributed by atoms with Gasteiger partial charge >= 0.3 is 12.2 Å². The van der Waals surface area contributed by atoms with E-state index in [1.165, 1.54) is 21.8 Å². The van der Waals surface area contributed by atoms with Crippen LogP contribution in [0.1, 0.15) is 16.0 Å². The number of fused-ring (bicyclic) bond motifs is 1. The lowest BCUT2D eigenvalue weighted by Gasteiger charge is -2.27. The van der Waals surface area contributed by atoms with Crippen LogP contribution in [0.15, 0.2) is 48.1 Å². The van der Waals surface area contributed by atoms with Crippen molar-refractivity contribution in [3.8, 4) is 5.69 Å². The lowest BCUT2D eigenvalue weighted by atomic mass is 10.1. The maximum absolute atomic E-state index is 13.1. The van der Waals surface area contributed by atoms with Gasteiger partial charge in [-0.05, 0) is 47.7 Å². The van der Waals surface area contributed by atoms with Crippen LogP contribution in [0.25, 0.3) is 5.69 Å². The van der Waals surface area contributed by atoms with E-state index >= 15 is 0 Å². The van der Waals surface area contributed by atoms with E-state index in [-0.39, 0.29) is 5.69 Å². The van der Waals surface area contributed by atoms with Crippen LogP contribution in [-0.4, -0.2) is 27.3 Å². The van der Waals surface area contributed by atoms with Gasteiger partial charge in [0, 0.05) is 30.4 Å². The number of aromatic nitrogens is 2. The Balaban J connectivity index is 1.62. The topological polar surface area (TPSA) is 50.2 Å². The molecule has 9 heteroatoms. The van der Waals surface area contributed by atoms with Crippen molar-refractivity contribution in [3.63, 3.8) is 0 Å². The third kappa shape index (κ3) is 3.55. The molecule has 3 heterocycles. The Morgan fingerprint density at radius 2 is 2.11 bits per heavy atom. The Morgan fingerprint density at radius 1 is 1.26 bits per heavy atom. The second-order valence-electron chi connectivity index (χ2n) is 6.15. The number of urea groups is 1. The van der Waals surface area contributed by atoms with E-state index in [0.29, 0.717) is 18.8 Å². The van der Waals surface area contributed by atoms with E-state index < -0.39 is 17.8 Å². The van der Waals surface area contributed by atoms with Crippen LogP contribution in [0.3, 0.4) is 0 Å². The minimum absolute atomic E-state index is 0.0645. The maximum Gasteiger partial charge on any atom is 0.416 e. The van der Waals surface area contributed by atoms with Gasteiger partial charge in [-0.1, -0.05) is 0 Å². The molecule has 0 spiro atoms. The van der Waals surface area contributed by atoms with Gasteiger partial charge in [0.15, 0.2) is 0 Å². The number of nitrogens with zero attached hydrogens (tertiary/aromatic N) is 3. The van der Waals surface area contributed by atoms with Gasteiger partial charge < -0.3 is 10.2 Å². The summed E-state index contributed by atoms with van der Waals surface area (Å²) in [5.41, 5.74) is 0.689. The van der Waals surface area contributed by atoms with Crippen LogP contribution in [0, 0.1) is 0 Å². The molecule has 0 atom stereocenters. The molecule has 140 valence electrons. The Kier molecular flexibility index (Phi) is 4.39. The number of amides is 2. The SMILES string of the molecule is O=C(Nc1cc(C(F)(F)F)ccc1-n1cccn1)N1CCc2sccc2C1. The molecule has 1 N–H and O–H groups in total. The molecule has 0 radical (unpaired) electrons. The molecule has 0 saturated heterocycles. The number of halogens is 3. The fraction of sp³-hybridized carbons (Fsp3) is 0.222. The third-order valence-electron chi connectivity index (χ3n) is 4.41.